The Bertz CT molecular complexity index is 1000. The van der Waals surface area contributed by atoms with Crippen LogP contribution < -0.4 is 15.5 Å². The molecule has 7 nitrogen and oxygen atoms in total. The van der Waals surface area contributed by atoms with E-state index in [0.29, 0.717) is 32.1 Å². The number of benzene rings is 1. The highest BCUT2D eigenvalue weighted by molar-refractivity contribution is 14.0. The zero-order valence-corrected chi connectivity index (χ0v) is 18.9. The lowest BCUT2D eigenvalue weighted by atomic mass is 10.2. The number of fused-ring (bicyclic) bond motifs is 1. The van der Waals surface area contributed by atoms with Crippen molar-refractivity contribution >= 4 is 41.3 Å². The van der Waals surface area contributed by atoms with E-state index in [-0.39, 0.29) is 35.7 Å². The van der Waals surface area contributed by atoms with Crippen molar-refractivity contribution in [3.05, 3.63) is 60.1 Å². The van der Waals surface area contributed by atoms with Crippen LogP contribution in [0.2, 0.25) is 0 Å². The monoisotopic (exact) mass is 527 g/mol. The number of para-hydroxylation sites is 1. The fourth-order valence-corrected chi connectivity index (χ4v) is 3.53. The third kappa shape index (κ3) is 4.79. The van der Waals surface area contributed by atoms with Crippen LogP contribution in [0.3, 0.4) is 0 Å². The molecule has 1 saturated heterocycles. The number of anilines is 1. The first-order valence-corrected chi connectivity index (χ1v) is 9.68. The molecule has 30 heavy (non-hydrogen) atoms. The highest BCUT2D eigenvalue weighted by atomic mass is 127. The van der Waals surface area contributed by atoms with Crippen molar-refractivity contribution in [3.63, 3.8) is 0 Å². The molecule has 1 aromatic carbocycles. The van der Waals surface area contributed by atoms with Crippen LogP contribution in [0.15, 0.2) is 47.6 Å². The van der Waals surface area contributed by atoms with E-state index in [2.05, 4.69) is 25.8 Å². The molecule has 0 amide bonds. The third-order valence-electron chi connectivity index (χ3n) is 4.89. The number of aromatic nitrogens is 3. The number of pyridine rings is 1. The first kappa shape index (κ1) is 22.2. The first-order chi connectivity index (χ1) is 14.2. The molecular formula is C20H24F2IN7. The Labute approximate surface area is 190 Å². The van der Waals surface area contributed by atoms with Gasteiger partial charge in [0.2, 0.25) is 0 Å². The van der Waals surface area contributed by atoms with Gasteiger partial charge in [-0.3, -0.25) is 4.40 Å². The van der Waals surface area contributed by atoms with Crippen molar-refractivity contribution in [1.82, 2.24) is 25.2 Å². The summed E-state index contributed by atoms with van der Waals surface area (Å²) in [5.41, 5.74) is 0.808. The summed E-state index contributed by atoms with van der Waals surface area (Å²) in [6.07, 6.45) is 2.66. The molecule has 1 aliphatic heterocycles. The zero-order chi connectivity index (χ0) is 20.2. The molecule has 1 aliphatic rings. The van der Waals surface area contributed by atoms with Gasteiger partial charge in [0.25, 0.3) is 0 Å². The van der Waals surface area contributed by atoms with Crippen molar-refractivity contribution in [2.24, 2.45) is 4.99 Å². The summed E-state index contributed by atoms with van der Waals surface area (Å²) in [4.78, 5) is 6.34. The second kappa shape index (κ2) is 10.0. The maximum atomic E-state index is 14.1. The largest absolute Gasteiger partial charge is 0.365 e. The fraction of sp³-hybridized carbons (Fsp3) is 0.350. The van der Waals surface area contributed by atoms with Gasteiger partial charge in [0.15, 0.2) is 17.4 Å². The standard InChI is InChI=1S/C20H23F2N7.HI/c1-2-23-20(24-12-18-27-26-17-8-3-4-10-29(17)18)25-14-9-11-28(13-14)19-15(21)6-5-7-16(19)22;/h3-8,10,14H,2,9,11-13H2,1H3,(H2,23,24,25);1H. The lowest BCUT2D eigenvalue weighted by Crippen LogP contribution is -2.44. The molecule has 2 N–H and O–H groups in total. The molecular weight excluding hydrogens is 503 g/mol. The van der Waals surface area contributed by atoms with Crippen molar-refractivity contribution < 1.29 is 8.78 Å². The molecule has 0 aliphatic carbocycles. The predicted molar refractivity (Wildman–Crippen MR) is 123 cm³/mol. The Balaban J connectivity index is 0.00000256. The molecule has 1 unspecified atom stereocenters. The van der Waals surface area contributed by atoms with E-state index in [0.717, 1.165) is 17.9 Å². The number of nitrogens with one attached hydrogen (secondary N) is 2. The summed E-state index contributed by atoms with van der Waals surface area (Å²) < 4.78 is 30.0. The zero-order valence-electron chi connectivity index (χ0n) is 16.6. The average molecular weight is 527 g/mol. The number of halogens is 3. The van der Waals surface area contributed by atoms with Crippen LogP contribution in [-0.2, 0) is 6.54 Å². The Morgan fingerprint density at radius 3 is 2.73 bits per heavy atom. The van der Waals surface area contributed by atoms with Crippen molar-refractivity contribution in [2.45, 2.75) is 25.9 Å². The summed E-state index contributed by atoms with van der Waals surface area (Å²) in [6, 6.07) is 9.70. The number of hydrogen-bond donors (Lipinski definition) is 2. The van der Waals surface area contributed by atoms with Gasteiger partial charge in [-0.15, -0.1) is 34.2 Å². The van der Waals surface area contributed by atoms with Gasteiger partial charge >= 0.3 is 0 Å². The van der Waals surface area contributed by atoms with Crippen molar-refractivity contribution in [2.75, 3.05) is 24.5 Å². The van der Waals surface area contributed by atoms with Crippen molar-refractivity contribution in [3.8, 4) is 0 Å². The molecule has 160 valence electrons. The molecule has 3 heterocycles. The Morgan fingerprint density at radius 1 is 1.17 bits per heavy atom. The average Bonchev–Trinajstić information content (AvgIpc) is 3.33. The molecule has 2 aromatic heterocycles. The van der Waals surface area contributed by atoms with Crippen LogP contribution in [0.5, 0.6) is 0 Å². The molecule has 0 spiro atoms. The first-order valence-electron chi connectivity index (χ1n) is 9.68. The summed E-state index contributed by atoms with van der Waals surface area (Å²) in [5.74, 6) is 0.301. The van der Waals surface area contributed by atoms with E-state index >= 15 is 0 Å². The molecule has 3 aromatic rings. The highest BCUT2D eigenvalue weighted by Crippen LogP contribution is 2.26. The van der Waals surface area contributed by atoms with Gasteiger partial charge in [-0.25, -0.2) is 13.8 Å². The van der Waals surface area contributed by atoms with Gasteiger partial charge in [0.05, 0.1) is 0 Å². The lowest BCUT2D eigenvalue weighted by molar-refractivity contribution is 0.576. The normalized spacial score (nSPS) is 16.6. The van der Waals surface area contributed by atoms with Crippen LogP contribution in [0.4, 0.5) is 14.5 Å². The van der Waals surface area contributed by atoms with Gasteiger partial charge < -0.3 is 15.5 Å². The van der Waals surface area contributed by atoms with E-state index in [1.165, 1.54) is 18.2 Å². The van der Waals surface area contributed by atoms with E-state index in [9.17, 15) is 8.78 Å². The molecule has 4 rings (SSSR count). The van der Waals surface area contributed by atoms with Crippen LogP contribution in [0.1, 0.15) is 19.2 Å². The Kier molecular flexibility index (Phi) is 7.40. The number of guanidine groups is 1. The van der Waals surface area contributed by atoms with Gasteiger partial charge in [-0.1, -0.05) is 12.1 Å². The minimum atomic E-state index is -0.537. The van der Waals surface area contributed by atoms with E-state index in [1.54, 1.807) is 4.90 Å². The Morgan fingerprint density at radius 2 is 1.97 bits per heavy atom. The fourth-order valence-electron chi connectivity index (χ4n) is 3.53. The smallest absolute Gasteiger partial charge is 0.191 e. The predicted octanol–water partition coefficient (Wildman–Crippen LogP) is 2.96. The van der Waals surface area contributed by atoms with Gasteiger partial charge in [-0.05, 0) is 37.6 Å². The minimum absolute atomic E-state index is 0. The highest BCUT2D eigenvalue weighted by Gasteiger charge is 2.27. The topological polar surface area (TPSA) is 69.8 Å². The second-order valence-corrected chi connectivity index (χ2v) is 6.89. The molecule has 0 bridgehead atoms. The molecule has 1 fully saturated rings. The molecule has 0 radical (unpaired) electrons. The molecule has 0 saturated carbocycles. The number of hydrogen-bond acceptors (Lipinski definition) is 4. The summed E-state index contributed by atoms with van der Waals surface area (Å²) >= 11 is 0. The molecule has 10 heteroatoms. The van der Waals surface area contributed by atoms with E-state index in [1.807, 2.05) is 35.7 Å². The van der Waals surface area contributed by atoms with Crippen LogP contribution in [0, 0.1) is 11.6 Å². The summed E-state index contributed by atoms with van der Waals surface area (Å²) in [7, 11) is 0. The van der Waals surface area contributed by atoms with Crippen LogP contribution in [0.25, 0.3) is 5.65 Å². The third-order valence-corrected chi connectivity index (χ3v) is 4.89. The molecule has 1 atom stereocenters. The number of nitrogens with zero attached hydrogens (tertiary/aromatic N) is 5. The Hall–Kier alpha value is -2.50. The second-order valence-electron chi connectivity index (χ2n) is 6.89. The van der Waals surface area contributed by atoms with Gasteiger partial charge in [-0.2, -0.15) is 0 Å². The van der Waals surface area contributed by atoms with E-state index < -0.39 is 11.6 Å². The maximum absolute atomic E-state index is 14.1. The van der Waals surface area contributed by atoms with Crippen LogP contribution in [-0.4, -0.2) is 46.2 Å². The quantitative estimate of drug-likeness (QED) is 0.304. The summed E-state index contributed by atoms with van der Waals surface area (Å²) in [6.45, 7) is 4.11. The van der Waals surface area contributed by atoms with Gasteiger partial charge in [0, 0.05) is 31.9 Å². The lowest BCUT2D eigenvalue weighted by Gasteiger charge is -2.21. The minimum Gasteiger partial charge on any atom is -0.365 e. The van der Waals surface area contributed by atoms with Crippen molar-refractivity contribution in [1.29, 1.82) is 0 Å². The number of rotatable bonds is 5. The van der Waals surface area contributed by atoms with E-state index in [4.69, 9.17) is 0 Å². The number of aliphatic imine (C=N–C) groups is 1. The SMILES string of the molecule is CCNC(=NCc1nnc2ccccn12)NC1CCN(c2c(F)cccc2F)C1.I. The summed E-state index contributed by atoms with van der Waals surface area (Å²) in [5, 5.41) is 14.9. The van der Waals surface area contributed by atoms with Crippen LogP contribution >= 0.6 is 24.0 Å². The maximum Gasteiger partial charge on any atom is 0.191 e. The van der Waals surface area contributed by atoms with Gasteiger partial charge in [0.1, 0.15) is 23.9 Å².